The fraction of sp³-hybridized carbons (Fsp3) is 0.250. The number of benzene rings is 3. The summed E-state index contributed by atoms with van der Waals surface area (Å²) in [5.41, 5.74) is 4.58. The fourth-order valence-corrected chi connectivity index (χ4v) is 4.50. The Morgan fingerprint density at radius 2 is 1.49 bits per heavy atom. The second-order valence-corrected chi connectivity index (χ2v) is 9.29. The number of fused-ring (bicyclic) bond motifs is 1. The molecule has 2 N–H and O–H groups in total. The highest BCUT2D eigenvalue weighted by atomic mass is 35.5. The minimum atomic E-state index is -1.15. The minimum absolute atomic E-state index is 0.0174. The van der Waals surface area contributed by atoms with E-state index < -0.39 is 29.8 Å². The normalized spacial score (nSPS) is 14.7. The number of hydrogen-bond acceptors (Lipinski definition) is 4. The molecule has 3 aromatic carbocycles. The Morgan fingerprint density at radius 1 is 0.886 bits per heavy atom. The average molecular weight is 492 g/mol. The van der Waals surface area contributed by atoms with Crippen molar-refractivity contribution in [3.63, 3.8) is 0 Å². The van der Waals surface area contributed by atoms with Gasteiger partial charge in [0.05, 0.1) is 23.1 Å². The van der Waals surface area contributed by atoms with E-state index in [0.29, 0.717) is 22.6 Å². The molecular formula is C28H26ClNO5. The summed E-state index contributed by atoms with van der Waals surface area (Å²) in [6.07, 6.45) is -0.381. The first kappa shape index (κ1) is 24.6. The van der Waals surface area contributed by atoms with Gasteiger partial charge in [0.2, 0.25) is 0 Å². The zero-order chi connectivity index (χ0) is 25.1. The average Bonchev–Trinajstić information content (AvgIpc) is 3.07. The van der Waals surface area contributed by atoms with Crippen LogP contribution < -0.4 is 0 Å². The first-order chi connectivity index (χ1) is 16.7. The van der Waals surface area contributed by atoms with Crippen molar-refractivity contribution in [2.45, 2.75) is 32.3 Å². The SMILES string of the molecule is Cc1ccc2c(c1)C(=O)N(CC[C@@H](C(=O)O)[C@H](O)CCc1ccc(-c3ccc(Cl)cc3)cc1)C2=O. The molecule has 35 heavy (non-hydrogen) atoms. The largest absolute Gasteiger partial charge is 0.481 e. The molecule has 1 aliphatic heterocycles. The van der Waals surface area contributed by atoms with E-state index in [1.807, 2.05) is 55.5 Å². The monoisotopic (exact) mass is 491 g/mol. The number of carboxylic acids is 1. The van der Waals surface area contributed by atoms with E-state index in [-0.39, 0.29) is 19.4 Å². The molecule has 6 nitrogen and oxygen atoms in total. The van der Waals surface area contributed by atoms with Gasteiger partial charge in [-0.2, -0.15) is 0 Å². The highest BCUT2D eigenvalue weighted by molar-refractivity contribution is 6.30. The lowest BCUT2D eigenvalue weighted by atomic mass is 9.93. The maximum atomic E-state index is 12.7. The number of aliphatic hydroxyl groups is 1. The smallest absolute Gasteiger partial charge is 0.309 e. The summed E-state index contributed by atoms with van der Waals surface area (Å²) in [5.74, 6) is -3.09. The van der Waals surface area contributed by atoms with Crippen molar-refractivity contribution < 1.29 is 24.6 Å². The van der Waals surface area contributed by atoms with Crippen molar-refractivity contribution in [1.82, 2.24) is 4.90 Å². The molecule has 0 radical (unpaired) electrons. The van der Waals surface area contributed by atoms with Crippen LogP contribution in [0.15, 0.2) is 66.7 Å². The number of halogens is 1. The summed E-state index contributed by atoms with van der Waals surface area (Å²) in [7, 11) is 0. The molecule has 7 heteroatoms. The summed E-state index contributed by atoms with van der Waals surface area (Å²) in [6, 6.07) is 20.4. The number of aryl methyl sites for hydroxylation is 2. The molecule has 0 saturated carbocycles. The Morgan fingerprint density at radius 3 is 2.11 bits per heavy atom. The van der Waals surface area contributed by atoms with Crippen LogP contribution >= 0.6 is 11.6 Å². The fourth-order valence-electron chi connectivity index (χ4n) is 4.38. The van der Waals surface area contributed by atoms with E-state index in [1.165, 1.54) is 0 Å². The van der Waals surface area contributed by atoms with Crippen molar-refractivity contribution in [2.24, 2.45) is 5.92 Å². The van der Waals surface area contributed by atoms with Gasteiger partial charge in [0.15, 0.2) is 0 Å². The first-order valence-electron chi connectivity index (χ1n) is 11.5. The van der Waals surface area contributed by atoms with Crippen molar-refractivity contribution >= 4 is 29.4 Å². The van der Waals surface area contributed by atoms with E-state index in [2.05, 4.69) is 0 Å². The van der Waals surface area contributed by atoms with Gasteiger partial charge < -0.3 is 10.2 Å². The number of rotatable bonds is 9. The third-order valence-corrected chi connectivity index (χ3v) is 6.68. The van der Waals surface area contributed by atoms with Crippen molar-refractivity contribution in [2.75, 3.05) is 6.54 Å². The maximum Gasteiger partial charge on any atom is 0.309 e. The summed E-state index contributed by atoms with van der Waals surface area (Å²) >= 11 is 5.94. The third kappa shape index (κ3) is 5.45. The Hall–Kier alpha value is -3.48. The van der Waals surface area contributed by atoms with Crippen LogP contribution in [0.25, 0.3) is 11.1 Å². The molecule has 0 unspecified atom stereocenters. The van der Waals surface area contributed by atoms with Crippen molar-refractivity contribution in [3.05, 3.63) is 94.0 Å². The van der Waals surface area contributed by atoms with E-state index in [1.54, 1.807) is 18.2 Å². The number of nitrogens with zero attached hydrogens (tertiary/aromatic N) is 1. The summed E-state index contributed by atoms with van der Waals surface area (Å²) in [4.78, 5) is 38.2. The van der Waals surface area contributed by atoms with E-state index in [4.69, 9.17) is 11.6 Å². The van der Waals surface area contributed by atoms with Crippen LogP contribution in [-0.4, -0.2) is 45.5 Å². The number of hydrogen-bond donors (Lipinski definition) is 2. The molecule has 0 bridgehead atoms. The highest BCUT2D eigenvalue weighted by Gasteiger charge is 2.37. The van der Waals surface area contributed by atoms with Gasteiger partial charge in [0, 0.05) is 11.6 Å². The Labute approximate surface area is 208 Å². The molecule has 3 aromatic rings. The number of aliphatic carboxylic acids is 1. The van der Waals surface area contributed by atoms with Crippen LogP contribution in [0.4, 0.5) is 0 Å². The second-order valence-electron chi connectivity index (χ2n) is 8.85. The van der Waals surface area contributed by atoms with Gasteiger partial charge in [0.1, 0.15) is 0 Å². The molecule has 0 spiro atoms. The topological polar surface area (TPSA) is 94.9 Å². The Bertz CT molecular complexity index is 1250. The molecule has 0 fully saturated rings. The molecule has 2 amide bonds. The molecular weight excluding hydrogens is 466 g/mol. The quantitative estimate of drug-likeness (QED) is 0.411. The summed E-state index contributed by atoms with van der Waals surface area (Å²) in [5, 5.41) is 21.0. The lowest BCUT2D eigenvalue weighted by Gasteiger charge is -2.22. The maximum absolute atomic E-state index is 12.7. The summed E-state index contributed by atoms with van der Waals surface area (Å²) < 4.78 is 0. The molecule has 1 heterocycles. The zero-order valence-corrected chi connectivity index (χ0v) is 20.0. The van der Waals surface area contributed by atoms with Crippen molar-refractivity contribution in [1.29, 1.82) is 0 Å². The molecule has 0 saturated heterocycles. The number of imide groups is 1. The molecule has 2 atom stereocenters. The van der Waals surface area contributed by atoms with Gasteiger partial charge in [-0.25, -0.2) is 0 Å². The van der Waals surface area contributed by atoms with E-state index >= 15 is 0 Å². The number of amides is 2. The predicted molar refractivity (Wildman–Crippen MR) is 134 cm³/mol. The number of carbonyl (C=O) groups is 3. The lowest BCUT2D eigenvalue weighted by molar-refractivity contribution is -0.146. The highest BCUT2D eigenvalue weighted by Crippen LogP contribution is 2.26. The van der Waals surface area contributed by atoms with Gasteiger partial charge >= 0.3 is 5.97 Å². The number of aliphatic hydroxyl groups excluding tert-OH is 1. The lowest BCUT2D eigenvalue weighted by Crippen LogP contribution is -2.36. The Kier molecular flexibility index (Phi) is 7.34. The van der Waals surface area contributed by atoms with Crippen LogP contribution in [-0.2, 0) is 11.2 Å². The third-order valence-electron chi connectivity index (χ3n) is 6.43. The molecule has 0 aliphatic carbocycles. The number of carboxylic acid groups (broad SMARTS) is 1. The van der Waals surface area contributed by atoms with Gasteiger partial charge in [0.25, 0.3) is 11.8 Å². The van der Waals surface area contributed by atoms with Crippen LogP contribution in [0.3, 0.4) is 0 Å². The van der Waals surface area contributed by atoms with Gasteiger partial charge in [-0.3, -0.25) is 19.3 Å². The van der Waals surface area contributed by atoms with Gasteiger partial charge in [-0.15, -0.1) is 0 Å². The minimum Gasteiger partial charge on any atom is -0.481 e. The van der Waals surface area contributed by atoms with Gasteiger partial charge in [-0.05, 0) is 67.1 Å². The van der Waals surface area contributed by atoms with Crippen LogP contribution in [0.1, 0.15) is 44.7 Å². The van der Waals surface area contributed by atoms with Gasteiger partial charge in [-0.1, -0.05) is 59.6 Å². The van der Waals surface area contributed by atoms with Crippen LogP contribution in [0.2, 0.25) is 5.02 Å². The predicted octanol–water partition coefficient (Wildman–Crippen LogP) is 5.00. The van der Waals surface area contributed by atoms with Crippen LogP contribution in [0.5, 0.6) is 0 Å². The van der Waals surface area contributed by atoms with Crippen LogP contribution in [0, 0.1) is 12.8 Å². The first-order valence-corrected chi connectivity index (χ1v) is 11.8. The molecule has 180 valence electrons. The van der Waals surface area contributed by atoms with E-state index in [0.717, 1.165) is 27.2 Å². The molecule has 0 aromatic heterocycles. The second kappa shape index (κ2) is 10.4. The number of carbonyl (C=O) groups excluding carboxylic acids is 2. The van der Waals surface area contributed by atoms with E-state index in [9.17, 15) is 24.6 Å². The molecule has 4 rings (SSSR count). The zero-order valence-electron chi connectivity index (χ0n) is 19.3. The standard InChI is InChI=1S/C28H26ClNO5/c1-17-2-12-22-24(16-17)27(33)30(26(22)32)15-14-23(28(34)35)25(31)13-5-18-3-6-19(7-4-18)20-8-10-21(29)11-9-20/h2-4,6-12,16,23,25,31H,5,13-15H2,1H3,(H,34,35)/t23-,25-/m1/s1. The van der Waals surface area contributed by atoms with Crippen molar-refractivity contribution in [3.8, 4) is 11.1 Å². The molecule has 1 aliphatic rings. The summed E-state index contributed by atoms with van der Waals surface area (Å²) in [6.45, 7) is 1.78. The Balaban J connectivity index is 1.35.